The zero-order valence-corrected chi connectivity index (χ0v) is 8.87. The molecule has 1 aromatic carbocycles. The number of carboxylic acid groups (broad SMARTS) is 1. The van der Waals surface area contributed by atoms with E-state index in [0.29, 0.717) is 16.8 Å². The van der Waals surface area contributed by atoms with Crippen molar-refractivity contribution in [1.29, 1.82) is 0 Å². The van der Waals surface area contributed by atoms with Crippen molar-refractivity contribution >= 4 is 17.6 Å². The number of fused-ring (bicyclic) bond motifs is 1. The molecule has 1 amide bonds. The monoisotopic (exact) mass is 238 g/mol. The van der Waals surface area contributed by atoms with Crippen LogP contribution in [-0.4, -0.2) is 23.0 Å². The van der Waals surface area contributed by atoms with Crippen LogP contribution in [0.4, 0.5) is 10.1 Å². The van der Waals surface area contributed by atoms with Gasteiger partial charge in [0.15, 0.2) is 0 Å². The smallest absolute Gasteiger partial charge is 0.320 e. The Labute approximate surface area is 96.4 Å². The highest BCUT2D eigenvalue weighted by molar-refractivity contribution is 6.00. The number of carboxylic acids is 1. The Bertz CT molecular complexity index is 502. The summed E-state index contributed by atoms with van der Waals surface area (Å²) in [6, 6.07) is 1.36. The Kier molecular flexibility index (Phi) is 2.81. The Morgan fingerprint density at radius 2 is 2.29 bits per heavy atom. The lowest BCUT2D eigenvalue weighted by Gasteiger charge is -2.11. The standard InChI is InChI=1S/C11H11FN2O3/c12-7-1-5(3-8(13)11(16)17)10-6(2-7)4-9(15)14-10/h1-2,8H,3-4,13H2,(H,14,15)(H,16,17). The first-order valence-corrected chi connectivity index (χ1v) is 5.07. The van der Waals surface area contributed by atoms with E-state index in [4.69, 9.17) is 10.8 Å². The molecule has 90 valence electrons. The van der Waals surface area contributed by atoms with Crippen molar-refractivity contribution in [2.45, 2.75) is 18.9 Å². The van der Waals surface area contributed by atoms with E-state index in [1.165, 1.54) is 12.1 Å². The van der Waals surface area contributed by atoms with Gasteiger partial charge in [-0.2, -0.15) is 0 Å². The largest absolute Gasteiger partial charge is 0.480 e. The normalized spacial score (nSPS) is 15.3. The van der Waals surface area contributed by atoms with Gasteiger partial charge in [0.2, 0.25) is 5.91 Å². The second-order valence-corrected chi connectivity index (χ2v) is 3.97. The van der Waals surface area contributed by atoms with Gasteiger partial charge in [-0.05, 0) is 23.3 Å². The van der Waals surface area contributed by atoms with Crippen LogP contribution >= 0.6 is 0 Å². The van der Waals surface area contributed by atoms with E-state index in [0.717, 1.165) is 0 Å². The summed E-state index contributed by atoms with van der Waals surface area (Å²) in [5.74, 6) is -1.88. The maximum Gasteiger partial charge on any atom is 0.320 e. The predicted octanol–water partition coefficient (Wildman–Crippen LogP) is 0.275. The molecule has 0 spiro atoms. The minimum atomic E-state index is -1.16. The summed E-state index contributed by atoms with van der Waals surface area (Å²) in [7, 11) is 0. The van der Waals surface area contributed by atoms with Crippen molar-refractivity contribution < 1.29 is 19.1 Å². The van der Waals surface area contributed by atoms with Crippen molar-refractivity contribution in [3.8, 4) is 0 Å². The van der Waals surface area contributed by atoms with E-state index < -0.39 is 17.8 Å². The molecule has 1 unspecified atom stereocenters. The van der Waals surface area contributed by atoms with Crippen molar-refractivity contribution in [2.75, 3.05) is 5.32 Å². The van der Waals surface area contributed by atoms with Crippen LogP contribution in [0.1, 0.15) is 11.1 Å². The van der Waals surface area contributed by atoms with Crippen molar-refractivity contribution in [3.63, 3.8) is 0 Å². The van der Waals surface area contributed by atoms with Gasteiger partial charge in [0, 0.05) is 12.1 Å². The number of hydrogen-bond acceptors (Lipinski definition) is 3. The summed E-state index contributed by atoms with van der Waals surface area (Å²) in [5, 5.41) is 11.3. The van der Waals surface area contributed by atoms with Crippen molar-refractivity contribution in [2.24, 2.45) is 5.73 Å². The third-order valence-corrected chi connectivity index (χ3v) is 2.64. The second-order valence-electron chi connectivity index (χ2n) is 3.97. The highest BCUT2D eigenvalue weighted by Crippen LogP contribution is 2.29. The molecular formula is C11H11FN2O3. The molecule has 0 fully saturated rings. The first kappa shape index (κ1) is 11.5. The van der Waals surface area contributed by atoms with Gasteiger partial charge in [-0.1, -0.05) is 0 Å². The number of hydrogen-bond donors (Lipinski definition) is 3. The fraction of sp³-hybridized carbons (Fsp3) is 0.273. The lowest BCUT2D eigenvalue weighted by molar-refractivity contribution is -0.138. The molecule has 1 aromatic rings. The Morgan fingerprint density at radius 1 is 1.59 bits per heavy atom. The molecule has 0 saturated heterocycles. The summed E-state index contributed by atoms with van der Waals surface area (Å²) < 4.78 is 13.3. The maximum atomic E-state index is 13.3. The van der Waals surface area contributed by atoms with Crippen LogP contribution < -0.4 is 11.1 Å². The molecule has 0 bridgehead atoms. The Hall–Kier alpha value is -1.95. The zero-order chi connectivity index (χ0) is 12.6. The number of amides is 1. The topological polar surface area (TPSA) is 92.4 Å². The quantitative estimate of drug-likeness (QED) is 0.705. The van der Waals surface area contributed by atoms with Gasteiger partial charge < -0.3 is 16.2 Å². The SMILES string of the molecule is NC(Cc1cc(F)cc2c1NC(=O)C2)C(=O)O. The number of halogens is 1. The average molecular weight is 238 g/mol. The van der Waals surface area contributed by atoms with Crippen LogP contribution in [0.3, 0.4) is 0 Å². The zero-order valence-electron chi connectivity index (χ0n) is 8.87. The third-order valence-electron chi connectivity index (χ3n) is 2.64. The van der Waals surface area contributed by atoms with E-state index in [-0.39, 0.29) is 18.7 Å². The third kappa shape index (κ3) is 2.26. The van der Waals surface area contributed by atoms with Crippen molar-refractivity contribution in [1.82, 2.24) is 0 Å². The van der Waals surface area contributed by atoms with E-state index in [1.807, 2.05) is 0 Å². The Morgan fingerprint density at radius 3 is 2.94 bits per heavy atom. The summed E-state index contributed by atoms with van der Waals surface area (Å²) >= 11 is 0. The number of nitrogens with one attached hydrogen (secondary N) is 1. The average Bonchev–Trinajstić information content (AvgIpc) is 2.58. The van der Waals surface area contributed by atoms with Gasteiger partial charge in [0.1, 0.15) is 11.9 Å². The summed E-state index contributed by atoms with van der Waals surface area (Å²) in [4.78, 5) is 21.8. The fourth-order valence-electron chi connectivity index (χ4n) is 1.87. The number of anilines is 1. The van der Waals surface area contributed by atoms with Gasteiger partial charge in [-0.25, -0.2) is 4.39 Å². The molecule has 17 heavy (non-hydrogen) atoms. The van der Waals surface area contributed by atoms with Gasteiger partial charge in [0.05, 0.1) is 6.42 Å². The molecule has 0 aliphatic carbocycles. The van der Waals surface area contributed by atoms with Gasteiger partial charge in [-0.3, -0.25) is 9.59 Å². The lowest BCUT2D eigenvalue weighted by atomic mass is 10.0. The van der Waals surface area contributed by atoms with Crippen LogP contribution in [0.15, 0.2) is 12.1 Å². The summed E-state index contributed by atoms with van der Waals surface area (Å²) in [6.45, 7) is 0. The van der Waals surface area contributed by atoms with Crippen molar-refractivity contribution in [3.05, 3.63) is 29.1 Å². The van der Waals surface area contributed by atoms with E-state index in [1.54, 1.807) is 0 Å². The maximum absolute atomic E-state index is 13.3. The molecule has 5 nitrogen and oxygen atoms in total. The molecule has 0 aromatic heterocycles. The highest BCUT2D eigenvalue weighted by Gasteiger charge is 2.24. The number of nitrogens with two attached hydrogens (primary N) is 1. The molecular weight excluding hydrogens is 227 g/mol. The van der Waals surface area contributed by atoms with E-state index >= 15 is 0 Å². The number of aliphatic carboxylic acids is 1. The van der Waals surface area contributed by atoms with E-state index in [9.17, 15) is 14.0 Å². The number of carbonyl (C=O) groups excluding carboxylic acids is 1. The number of carbonyl (C=O) groups is 2. The second kappa shape index (κ2) is 4.14. The van der Waals surface area contributed by atoms with E-state index in [2.05, 4.69) is 5.32 Å². The van der Waals surface area contributed by atoms with Crippen LogP contribution in [0.2, 0.25) is 0 Å². The van der Waals surface area contributed by atoms with Gasteiger partial charge in [-0.15, -0.1) is 0 Å². The van der Waals surface area contributed by atoms with Crippen LogP contribution in [0.25, 0.3) is 0 Å². The molecule has 0 saturated carbocycles. The first-order chi connectivity index (χ1) is 7.97. The van der Waals surface area contributed by atoms with Crippen LogP contribution in [0.5, 0.6) is 0 Å². The van der Waals surface area contributed by atoms with Crippen LogP contribution in [0, 0.1) is 5.82 Å². The molecule has 1 heterocycles. The lowest BCUT2D eigenvalue weighted by Crippen LogP contribution is -2.32. The number of rotatable bonds is 3. The van der Waals surface area contributed by atoms with Gasteiger partial charge >= 0.3 is 5.97 Å². The first-order valence-electron chi connectivity index (χ1n) is 5.07. The van der Waals surface area contributed by atoms with Crippen LogP contribution in [-0.2, 0) is 22.4 Å². The molecule has 6 heteroatoms. The van der Waals surface area contributed by atoms with Gasteiger partial charge in [0.25, 0.3) is 0 Å². The minimum absolute atomic E-state index is 0.0181. The minimum Gasteiger partial charge on any atom is -0.480 e. The predicted molar refractivity (Wildman–Crippen MR) is 58.0 cm³/mol. The molecule has 1 aliphatic heterocycles. The summed E-state index contributed by atoms with van der Waals surface area (Å²) in [5.41, 5.74) is 6.85. The summed E-state index contributed by atoms with van der Waals surface area (Å²) in [6.07, 6.45) is 0.0953. The highest BCUT2D eigenvalue weighted by atomic mass is 19.1. The fourth-order valence-corrected chi connectivity index (χ4v) is 1.87. The molecule has 4 N–H and O–H groups in total. The Balaban J connectivity index is 2.35. The molecule has 0 radical (unpaired) electrons. The molecule has 1 atom stereocenters. The number of benzene rings is 1. The molecule has 1 aliphatic rings. The molecule has 2 rings (SSSR count).